The first-order chi connectivity index (χ1) is 10.9. The molecule has 0 aliphatic rings. The fourth-order valence-electron chi connectivity index (χ4n) is 2.33. The van der Waals surface area contributed by atoms with Gasteiger partial charge in [0.2, 0.25) is 0 Å². The van der Waals surface area contributed by atoms with Crippen molar-refractivity contribution in [2.75, 3.05) is 7.11 Å². The van der Waals surface area contributed by atoms with Gasteiger partial charge in [-0.2, -0.15) is 13.2 Å². The van der Waals surface area contributed by atoms with Crippen molar-refractivity contribution in [3.05, 3.63) is 58.5 Å². The van der Waals surface area contributed by atoms with Gasteiger partial charge in [0.25, 0.3) is 5.56 Å². The molecule has 0 atom stereocenters. The second kappa shape index (κ2) is 5.42. The predicted molar refractivity (Wildman–Crippen MR) is 79.4 cm³/mol. The number of aromatic nitrogens is 2. The monoisotopic (exact) mass is 320 g/mol. The van der Waals surface area contributed by atoms with Gasteiger partial charge in [-0.1, -0.05) is 12.1 Å². The number of methoxy groups -OCH3 is 1. The van der Waals surface area contributed by atoms with Crippen molar-refractivity contribution < 1.29 is 17.9 Å². The van der Waals surface area contributed by atoms with Crippen molar-refractivity contribution in [1.82, 2.24) is 9.97 Å². The highest BCUT2D eigenvalue weighted by Crippen LogP contribution is 2.39. The minimum Gasteiger partial charge on any atom is -0.497 e. The standard InChI is InChI=1S/C16H11F3N2O2/c1-23-10-4-2-9(3-5-10)11-6-13-14(21-15(22)8-20-13)7-12(11)16(17,18)19/h2-8H,1H3,(H,21,22). The molecule has 0 aliphatic heterocycles. The summed E-state index contributed by atoms with van der Waals surface area (Å²) in [5, 5.41) is 0. The van der Waals surface area contributed by atoms with Crippen LogP contribution in [0, 0.1) is 0 Å². The molecule has 118 valence electrons. The highest BCUT2D eigenvalue weighted by molar-refractivity contribution is 5.84. The van der Waals surface area contributed by atoms with Crippen molar-refractivity contribution in [3.8, 4) is 16.9 Å². The Bertz CT molecular complexity index is 915. The third-order valence-corrected chi connectivity index (χ3v) is 3.42. The number of benzene rings is 2. The molecule has 0 radical (unpaired) electrons. The number of rotatable bonds is 2. The molecule has 0 aliphatic carbocycles. The zero-order chi connectivity index (χ0) is 16.6. The molecule has 0 saturated heterocycles. The van der Waals surface area contributed by atoms with Gasteiger partial charge in [-0.25, -0.2) is 4.98 Å². The lowest BCUT2D eigenvalue weighted by Crippen LogP contribution is -2.10. The molecule has 0 spiro atoms. The molecule has 1 aromatic heterocycles. The van der Waals surface area contributed by atoms with Gasteiger partial charge in [0.1, 0.15) is 5.75 Å². The Balaban J connectivity index is 2.28. The summed E-state index contributed by atoms with van der Waals surface area (Å²) < 4.78 is 45.1. The van der Waals surface area contributed by atoms with E-state index in [1.165, 1.54) is 13.2 Å². The Morgan fingerprint density at radius 3 is 2.43 bits per heavy atom. The van der Waals surface area contributed by atoms with Crippen LogP contribution in [0.25, 0.3) is 22.2 Å². The van der Waals surface area contributed by atoms with Gasteiger partial charge in [-0.15, -0.1) is 0 Å². The molecule has 0 bridgehead atoms. The minimum atomic E-state index is -4.56. The van der Waals surface area contributed by atoms with E-state index in [1.807, 2.05) is 0 Å². The second-order valence-corrected chi connectivity index (χ2v) is 4.89. The van der Waals surface area contributed by atoms with Crippen molar-refractivity contribution in [3.63, 3.8) is 0 Å². The molecule has 1 heterocycles. The highest BCUT2D eigenvalue weighted by atomic mass is 19.4. The minimum absolute atomic E-state index is 0.00722. The Morgan fingerprint density at radius 2 is 1.83 bits per heavy atom. The first kappa shape index (κ1) is 15.1. The summed E-state index contributed by atoms with van der Waals surface area (Å²) in [6.07, 6.45) is -3.52. The molecule has 7 heteroatoms. The molecule has 23 heavy (non-hydrogen) atoms. The SMILES string of the molecule is COc1ccc(-c2cc3ncc(=O)[nH]c3cc2C(F)(F)F)cc1. The van der Waals surface area contributed by atoms with E-state index in [9.17, 15) is 18.0 Å². The molecule has 0 amide bonds. The average molecular weight is 320 g/mol. The first-order valence-corrected chi connectivity index (χ1v) is 6.63. The summed E-state index contributed by atoms with van der Waals surface area (Å²) in [6, 6.07) is 8.47. The van der Waals surface area contributed by atoms with Crippen LogP contribution in [0.5, 0.6) is 5.75 Å². The van der Waals surface area contributed by atoms with Crippen LogP contribution in [0.3, 0.4) is 0 Å². The van der Waals surface area contributed by atoms with Gasteiger partial charge >= 0.3 is 6.18 Å². The molecular weight excluding hydrogens is 309 g/mol. The van der Waals surface area contributed by atoms with Gasteiger partial charge in [0, 0.05) is 0 Å². The van der Waals surface area contributed by atoms with Gasteiger partial charge in [-0.3, -0.25) is 4.79 Å². The van der Waals surface area contributed by atoms with Crippen LogP contribution >= 0.6 is 0 Å². The normalized spacial score (nSPS) is 11.7. The zero-order valence-electron chi connectivity index (χ0n) is 11.9. The van der Waals surface area contributed by atoms with Gasteiger partial charge < -0.3 is 9.72 Å². The van der Waals surface area contributed by atoms with Crippen LogP contribution < -0.4 is 10.3 Å². The van der Waals surface area contributed by atoms with E-state index in [1.54, 1.807) is 24.3 Å². The van der Waals surface area contributed by atoms with Gasteiger partial charge in [0.15, 0.2) is 0 Å². The Kier molecular flexibility index (Phi) is 3.55. The number of aromatic amines is 1. The molecule has 0 fully saturated rings. The second-order valence-electron chi connectivity index (χ2n) is 4.89. The van der Waals surface area contributed by atoms with Crippen LogP contribution in [0.15, 0.2) is 47.4 Å². The summed E-state index contributed by atoms with van der Waals surface area (Å²) in [6.45, 7) is 0. The predicted octanol–water partition coefficient (Wildman–Crippen LogP) is 3.62. The molecule has 3 aromatic rings. The lowest BCUT2D eigenvalue weighted by Gasteiger charge is -2.14. The van der Waals surface area contributed by atoms with Crippen LogP contribution in [0.2, 0.25) is 0 Å². The summed E-state index contributed by atoms with van der Waals surface area (Å²) in [5.41, 5.74) is -0.688. The summed E-state index contributed by atoms with van der Waals surface area (Å²) in [5.74, 6) is 0.547. The summed E-state index contributed by atoms with van der Waals surface area (Å²) in [7, 11) is 1.48. The van der Waals surface area contributed by atoms with Gasteiger partial charge in [0.05, 0.1) is 29.9 Å². The molecule has 1 N–H and O–H groups in total. The Hall–Kier alpha value is -2.83. The van der Waals surface area contributed by atoms with Crippen LogP contribution in [-0.2, 0) is 6.18 Å². The first-order valence-electron chi connectivity index (χ1n) is 6.63. The maximum Gasteiger partial charge on any atom is 0.417 e. The lowest BCUT2D eigenvalue weighted by molar-refractivity contribution is -0.137. The average Bonchev–Trinajstić information content (AvgIpc) is 2.53. The van der Waals surface area contributed by atoms with Crippen molar-refractivity contribution in [2.24, 2.45) is 0 Å². The van der Waals surface area contributed by atoms with E-state index in [0.29, 0.717) is 11.3 Å². The Morgan fingerprint density at radius 1 is 1.13 bits per heavy atom. The van der Waals surface area contributed by atoms with Crippen LogP contribution in [0.4, 0.5) is 13.2 Å². The molecular formula is C16H11F3N2O2. The maximum atomic E-state index is 13.4. The summed E-state index contributed by atoms with van der Waals surface area (Å²) in [4.78, 5) is 17.5. The quantitative estimate of drug-likeness (QED) is 0.784. The fraction of sp³-hybridized carbons (Fsp3) is 0.125. The number of ether oxygens (including phenoxy) is 1. The number of H-pyrrole nitrogens is 1. The third-order valence-electron chi connectivity index (χ3n) is 3.42. The van der Waals surface area contributed by atoms with E-state index in [-0.39, 0.29) is 16.6 Å². The highest BCUT2D eigenvalue weighted by Gasteiger charge is 2.34. The molecule has 2 aromatic carbocycles. The number of halogens is 3. The number of nitrogens with zero attached hydrogens (tertiary/aromatic N) is 1. The lowest BCUT2D eigenvalue weighted by atomic mass is 9.98. The maximum absolute atomic E-state index is 13.4. The van der Waals surface area contributed by atoms with E-state index >= 15 is 0 Å². The number of hydrogen-bond acceptors (Lipinski definition) is 3. The van der Waals surface area contributed by atoms with E-state index in [4.69, 9.17) is 4.74 Å². The van der Waals surface area contributed by atoms with Crippen molar-refractivity contribution >= 4 is 11.0 Å². The van der Waals surface area contributed by atoms with Crippen LogP contribution in [0.1, 0.15) is 5.56 Å². The molecule has 0 unspecified atom stereocenters. The fourth-order valence-corrected chi connectivity index (χ4v) is 2.33. The number of hydrogen-bond donors (Lipinski definition) is 1. The van der Waals surface area contributed by atoms with Crippen molar-refractivity contribution in [2.45, 2.75) is 6.18 Å². The zero-order valence-corrected chi connectivity index (χ0v) is 11.9. The van der Waals surface area contributed by atoms with Crippen LogP contribution in [-0.4, -0.2) is 17.1 Å². The largest absolute Gasteiger partial charge is 0.497 e. The topological polar surface area (TPSA) is 55.0 Å². The number of nitrogens with one attached hydrogen (secondary N) is 1. The number of alkyl halides is 3. The van der Waals surface area contributed by atoms with Gasteiger partial charge in [-0.05, 0) is 35.4 Å². The molecule has 4 nitrogen and oxygen atoms in total. The Labute approximate surface area is 128 Å². The van der Waals surface area contributed by atoms with E-state index in [0.717, 1.165) is 12.3 Å². The van der Waals surface area contributed by atoms with E-state index in [2.05, 4.69) is 9.97 Å². The molecule has 0 saturated carbocycles. The van der Waals surface area contributed by atoms with Crippen molar-refractivity contribution in [1.29, 1.82) is 0 Å². The van der Waals surface area contributed by atoms with E-state index < -0.39 is 17.3 Å². The molecule has 3 rings (SSSR count). The third kappa shape index (κ3) is 2.90. The summed E-state index contributed by atoms with van der Waals surface area (Å²) >= 11 is 0. The smallest absolute Gasteiger partial charge is 0.417 e. The number of fused-ring (bicyclic) bond motifs is 1.